The topological polar surface area (TPSA) is 84.1 Å². The minimum absolute atomic E-state index is 0.0152. The number of carbonyl (C=O) groups is 1. The summed E-state index contributed by atoms with van der Waals surface area (Å²) in [5, 5.41) is 0. The molecule has 1 aliphatic carbocycles. The second-order valence-corrected chi connectivity index (χ2v) is 6.05. The maximum absolute atomic E-state index is 12.7. The van der Waals surface area contributed by atoms with Gasteiger partial charge in [-0.2, -0.15) is 0 Å². The molecule has 1 aromatic heterocycles. The molecule has 0 radical (unpaired) electrons. The van der Waals surface area contributed by atoms with Gasteiger partial charge in [0.1, 0.15) is 5.69 Å². The van der Waals surface area contributed by atoms with Crippen molar-refractivity contribution in [2.24, 2.45) is 11.8 Å². The Bertz CT molecular complexity index is 454. The Morgan fingerprint density at radius 3 is 2.62 bits per heavy atom. The van der Waals surface area contributed by atoms with E-state index in [1.54, 1.807) is 0 Å². The van der Waals surface area contributed by atoms with Gasteiger partial charge in [0.2, 0.25) is 0 Å². The molecular formula is C15H25N5O. The fourth-order valence-electron chi connectivity index (χ4n) is 2.72. The Kier molecular flexibility index (Phi) is 5.50. The summed E-state index contributed by atoms with van der Waals surface area (Å²) in [4.78, 5) is 23.0. The molecule has 3 N–H and O–H groups in total. The number of nitrogens with one attached hydrogen (secondary N) is 1. The molecule has 0 aromatic carbocycles. The van der Waals surface area contributed by atoms with Crippen LogP contribution in [0.15, 0.2) is 12.4 Å². The van der Waals surface area contributed by atoms with Gasteiger partial charge in [-0.1, -0.05) is 26.7 Å². The van der Waals surface area contributed by atoms with Crippen LogP contribution in [-0.4, -0.2) is 33.4 Å². The van der Waals surface area contributed by atoms with Gasteiger partial charge in [0.25, 0.3) is 5.91 Å². The van der Waals surface area contributed by atoms with Gasteiger partial charge in [0, 0.05) is 12.6 Å². The van der Waals surface area contributed by atoms with E-state index in [1.165, 1.54) is 25.2 Å². The van der Waals surface area contributed by atoms with Crippen molar-refractivity contribution in [1.82, 2.24) is 14.9 Å². The number of hydrogen-bond acceptors (Lipinski definition) is 5. The van der Waals surface area contributed by atoms with E-state index in [0.29, 0.717) is 23.5 Å². The molecule has 6 heteroatoms. The second kappa shape index (κ2) is 7.36. The van der Waals surface area contributed by atoms with Crippen LogP contribution >= 0.6 is 0 Å². The third-order valence-corrected chi connectivity index (χ3v) is 3.99. The number of nitrogen functional groups attached to an aromatic ring is 1. The van der Waals surface area contributed by atoms with Crippen molar-refractivity contribution in [3.05, 3.63) is 18.1 Å². The predicted molar refractivity (Wildman–Crippen MR) is 82.6 cm³/mol. The van der Waals surface area contributed by atoms with Gasteiger partial charge in [-0.15, -0.1) is 0 Å². The van der Waals surface area contributed by atoms with Crippen molar-refractivity contribution >= 4 is 11.7 Å². The van der Waals surface area contributed by atoms with Crippen molar-refractivity contribution in [2.75, 3.05) is 12.0 Å². The number of nitrogens with zero attached hydrogens (tertiary/aromatic N) is 3. The van der Waals surface area contributed by atoms with Crippen LogP contribution in [0.3, 0.4) is 0 Å². The van der Waals surface area contributed by atoms with Gasteiger partial charge in [-0.25, -0.2) is 15.8 Å². The summed E-state index contributed by atoms with van der Waals surface area (Å²) in [5.74, 6) is 6.29. The average molecular weight is 291 g/mol. The molecular weight excluding hydrogens is 266 g/mol. The first kappa shape index (κ1) is 15.7. The lowest BCUT2D eigenvalue weighted by molar-refractivity contribution is 0.0665. The van der Waals surface area contributed by atoms with Crippen molar-refractivity contribution < 1.29 is 4.79 Å². The molecule has 1 aromatic rings. The van der Waals surface area contributed by atoms with Crippen molar-refractivity contribution in [1.29, 1.82) is 0 Å². The summed E-state index contributed by atoms with van der Waals surface area (Å²) in [7, 11) is 0. The summed E-state index contributed by atoms with van der Waals surface area (Å²) in [6, 6.07) is 0.352. The van der Waals surface area contributed by atoms with E-state index in [1.807, 2.05) is 4.90 Å². The maximum atomic E-state index is 12.7. The fraction of sp³-hybridized carbons (Fsp3) is 0.667. The van der Waals surface area contributed by atoms with Crippen LogP contribution in [0.5, 0.6) is 0 Å². The number of nitrogens with two attached hydrogens (primary N) is 1. The minimum atomic E-state index is -0.0152. The highest BCUT2D eigenvalue weighted by molar-refractivity contribution is 5.92. The van der Waals surface area contributed by atoms with E-state index < -0.39 is 0 Å². The van der Waals surface area contributed by atoms with Crippen LogP contribution in [0.1, 0.15) is 56.4 Å². The van der Waals surface area contributed by atoms with E-state index in [2.05, 4.69) is 29.2 Å². The smallest absolute Gasteiger partial charge is 0.274 e. The number of carbonyl (C=O) groups excluding carboxylic acids is 1. The summed E-state index contributed by atoms with van der Waals surface area (Å²) >= 11 is 0. The number of hydrazine groups is 1. The molecule has 1 fully saturated rings. The number of rotatable bonds is 6. The lowest BCUT2D eigenvalue weighted by Crippen LogP contribution is -2.40. The molecule has 1 amide bonds. The SMILES string of the molecule is CC(C)CCN(C(=O)c1cnc(NN)cn1)C1CCCC1. The molecule has 1 saturated carbocycles. The van der Waals surface area contributed by atoms with Crippen LogP contribution in [-0.2, 0) is 0 Å². The molecule has 0 spiro atoms. The molecule has 21 heavy (non-hydrogen) atoms. The lowest BCUT2D eigenvalue weighted by atomic mass is 10.1. The Balaban J connectivity index is 2.11. The van der Waals surface area contributed by atoms with Crippen LogP contribution in [0.4, 0.5) is 5.82 Å². The van der Waals surface area contributed by atoms with E-state index in [9.17, 15) is 4.79 Å². The number of aromatic nitrogens is 2. The summed E-state index contributed by atoms with van der Waals surface area (Å²) in [6.07, 6.45) is 8.60. The molecule has 1 heterocycles. The first-order valence-corrected chi connectivity index (χ1v) is 7.71. The third-order valence-electron chi connectivity index (χ3n) is 3.99. The van der Waals surface area contributed by atoms with Crippen molar-refractivity contribution in [3.63, 3.8) is 0 Å². The highest BCUT2D eigenvalue weighted by atomic mass is 16.2. The zero-order chi connectivity index (χ0) is 15.2. The maximum Gasteiger partial charge on any atom is 0.274 e. The molecule has 116 valence electrons. The van der Waals surface area contributed by atoms with Gasteiger partial charge in [-0.05, 0) is 25.2 Å². The first-order valence-electron chi connectivity index (χ1n) is 7.71. The van der Waals surface area contributed by atoms with E-state index in [4.69, 9.17) is 5.84 Å². The van der Waals surface area contributed by atoms with E-state index in [-0.39, 0.29) is 5.91 Å². The molecule has 1 aliphatic rings. The summed E-state index contributed by atoms with van der Waals surface area (Å²) < 4.78 is 0. The Morgan fingerprint density at radius 2 is 2.10 bits per heavy atom. The zero-order valence-corrected chi connectivity index (χ0v) is 12.9. The summed E-state index contributed by atoms with van der Waals surface area (Å²) in [6.45, 7) is 5.15. The van der Waals surface area contributed by atoms with Gasteiger partial charge >= 0.3 is 0 Å². The van der Waals surface area contributed by atoms with Gasteiger partial charge in [0.05, 0.1) is 12.4 Å². The van der Waals surface area contributed by atoms with Crippen LogP contribution in [0.25, 0.3) is 0 Å². The van der Waals surface area contributed by atoms with E-state index in [0.717, 1.165) is 25.8 Å². The van der Waals surface area contributed by atoms with Crippen molar-refractivity contribution in [2.45, 2.75) is 52.0 Å². The highest BCUT2D eigenvalue weighted by Crippen LogP contribution is 2.25. The molecule has 0 atom stereocenters. The van der Waals surface area contributed by atoms with Crippen molar-refractivity contribution in [3.8, 4) is 0 Å². The molecule has 0 saturated heterocycles. The zero-order valence-electron chi connectivity index (χ0n) is 12.9. The highest BCUT2D eigenvalue weighted by Gasteiger charge is 2.28. The number of anilines is 1. The van der Waals surface area contributed by atoms with Gasteiger partial charge < -0.3 is 10.3 Å². The lowest BCUT2D eigenvalue weighted by Gasteiger charge is -2.29. The quantitative estimate of drug-likeness (QED) is 0.620. The minimum Gasteiger partial charge on any atom is -0.334 e. The van der Waals surface area contributed by atoms with Crippen LogP contribution in [0.2, 0.25) is 0 Å². The fourth-order valence-corrected chi connectivity index (χ4v) is 2.72. The van der Waals surface area contributed by atoms with Crippen LogP contribution < -0.4 is 11.3 Å². The standard InChI is InChI=1S/C15H25N5O/c1-11(2)7-8-20(12-5-3-4-6-12)15(21)13-9-18-14(19-16)10-17-13/h9-12H,3-8,16H2,1-2H3,(H,18,19). The molecule has 0 bridgehead atoms. The Morgan fingerprint density at radius 1 is 1.38 bits per heavy atom. The van der Waals surface area contributed by atoms with Gasteiger partial charge in [-0.3, -0.25) is 4.79 Å². The molecule has 6 nitrogen and oxygen atoms in total. The number of hydrogen-bond donors (Lipinski definition) is 2. The van der Waals surface area contributed by atoms with E-state index >= 15 is 0 Å². The Labute approximate surface area is 126 Å². The molecule has 0 unspecified atom stereocenters. The Hall–Kier alpha value is -1.69. The number of amides is 1. The normalized spacial score (nSPS) is 15.4. The molecule has 2 rings (SSSR count). The predicted octanol–water partition coefficient (Wildman–Crippen LogP) is 2.19. The first-order chi connectivity index (χ1) is 10.1. The molecule has 0 aliphatic heterocycles. The second-order valence-electron chi connectivity index (χ2n) is 6.05. The average Bonchev–Trinajstić information content (AvgIpc) is 3.01. The monoisotopic (exact) mass is 291 g/mol. The van der Waals surface area contributed by atoms with Crippen LogP contribution in [0, 0.1) is 5.92 Å². The largest absolute Gasteiger partial charge is 0.334 e. The summed E-state index contributed by atoms with van der Waals surface area (Å²) in [5.41, 5.74) is 2.81. The van der Waals surface area contributed by atoms with Gasteiger partial charge in [0.15, 0.2) is 5.82 Å². The third kappa shape index (κ3) is 4.14.